The van der Waals surface area contributed by atoms with Crippen LogP contribution in [0, 0.1) is 19.8 Å². The number of para-hydroxylation sites is 1. The van der Waals surface area contributed by atoms with E-state index in [1.807, 2.05) is 32.0 Å². The van der Waals surface area contributed by atoms with E-state index in [1.165, 1.54) is 0 Å². The molecular formula is C20H21NO4. The van der Waals surface area contributed by atoms with E-state index >= 15 is 0 Å². The quantitative estimate of drug-likeness (QED) is 0.634. The van der Waals surface area contributed by atoms with Crippen LogP contribution in [0.5, 0.6) is 11.5 Å². The number of carbonyl (C=O) groups excluding carboxylic acids is 2. The summed E-state index contributed by atoms with van der Waals surface area (Å²) in [5.41, 5.74) is 2.95. The Hall–Kier alpha value is -2.82. The summed E-state index contributed by atoms with van der Waals surface area (Å²) in [6.45, 7) is 4.29. The lowest BCUT2D eigenvalue weighted by Crippen LogP contribution is -2.28. The van der Waals surface area contributed by atoms with Crippen molar-refractivity contribution in [1.82, 2.24) is 0 Å². The van der Waals surface area contributed by atoms with Gasteiger partial charge in [-0.25, -0.2) is 0 Å². The second-order valence-electron chi connectivity index (χ2n) is 6.24. The van der Waals surface area contributed by atoms with Crippen LogP contribution < -0.4 is 14.4 Å². The molecule has 130 valence electrons. The summed E-state index contributed by atoms with van der Waals surface area (Å²) in [5.74, 6) is 0.246. The molecule has 2 aromatic rings. The molecule has 1 amide bonds. The molecule has 5 heteroatoms. The molecule has 1 aliphatic rings. The third-order valence-corrected chi connectivity index (χ3v) is 4.45. The molecule has 1 heterocycles. The first-order valence-electron chi connectivity index (χ1n) is 8.22. The second kappa shape index (κ2) is 6.97. The zero-order valence-corrected chi connectivity index (χ0v) is 14.6. The van der Waals surface area contributed by atoms with Crippen molar-refractivity contribution in [2.45, 2.75) is 20.3 Å². The summed E-state index contributed by atoms with van der Waals surface area (Å²) >= 11 is 0. The summed E-state index contributed by atoms with van der Waals surface area (Å²) in [7, 11) is 1.58. The Balaban J connectivity index is 1.72. The minimum absolute atomic E-state index is 0.0471. The highest BCUT2D eigenvalue weighted by molar-refractivity contribution is 6.00. The van der Waals surface area contributed by atoms with Crippen molar-refractivity contribution in [1.29, 1.82) is 0 Å². The number of rotatable bonds is 4. The summed E-state index contributed by atoms with van der Waals surface area (Å²) in [4.78, 5) is 26.6. The van der Waals surface area contributed by atoms with Crippen LogP contribution in [0.4, 0.5) is 5.69 Å². The molecule has 0 aromatic heterocycles. The van der Waals surface area contributed by atoms with Crippen LogP contribution in [-0.2, 0) is 9.59 Å². The molecule has 0 bridgehead atoms. The number of anilines is 1. The van der Waals surface area contributed by atoms with Gasteiger partial charge in [0, 0.05) is 18.7 Å². The molecule has 0 spiro atoms. The van der Waals surface area contributed by atoms with Crippen molar-refractivity contribution < 1.29 is 19.1 Å². The van der Waals surface area contributed by atoms with Crippen LogP contribution in [0.25, 0.3) is 0 Å². The molecule has 2 aromatic carbocycles. The maximum Gasteiger partial charge on any atom is 0.316 e. The fraction of sp³-hybridized carbons (Fsp3) is 0.300. The van der Waals surface area contributed by atoms with Crippen molar-refractivity contribution in [2.75, 3.05) is 18.6 Å². The van der Waals surface area contributed by atoms with Gasteiger partial charge < -0.3 is 14.4 Å². The van der Waals surface area contributed by atoms with Gasteiger partial charge in [-0.05, 0) is 49.2 Å². The SMILES string of the molecule is COc1ccc(OC(=O)[C@H]2CC(=O)N(c3c(C)cccc3C)C2)cc1. The topological polar surface area (TPSA) is 55.8 Å². The normalized spacial score (nSPS) is 16.8. The Bertz CT molecular complexity index is 778. The molecule has 1 aliphatic heterocycles. The molecule has 0 aliphatic carbocycles. The number of aryl methyl sites for hydroxylation is 2. The van der Waals surface area contributed by atoms with E-state index in [4.69, 9.17) is 9.47 Å². The predicted octanol–water partition coefficient (Wildman–Crippen LogP) is 3.27. The summed E-state index contributed by atoms with van der Waals surface area (Å²) in [6, 6.07) is 12.7. The number of methoxy groups -OCH3 is 1. The number of carbonyl (C=O) groups is 2. The van der Waals surface area contributed by atoms with E-state index in [2.05, 4.69) is 0 Å². The lowest BCUT2D eigenvalue weighted by molar-refractivity contribution is -0.139. The number of esters is 1. The van der Waals surface area contributed by atoms with Crippen LogP contribution in [-0.4, -0.2) is 25.5 Å². The van der Waals surface area contributed by atoms with Crippen LogP contribution in [0.2, 0.25) is 0 Å². The molecule has 0 N–H and O–H groups in total. The third kappa shape index (κ3) is 3.50. The van der Waals surface area contributed by atoms with Crippen molar-refractivity contribution >= 4 is 17.6 Å². The van der Waals surface area contributed by atoms with E-state index in [1.54, 1.807) is 36.3 Å². The van der Waals surface area contributed by atoms with Gasteiger partial charge in [0.1, 0.15) is 11.5 Å². The second-order valence-corrected chi connectivity index (χ2v) is 6.24. The van der Waals surface area contributed by atoms with Gasteiger partial charge in [0.05, 0.1) is 13.0 Å². The highest BCUT2D eigenvalue weighted by atomic mass is 16.5. The first-order chi connectivity index (χ1) is 12.0. The average Bonchev–Trinajstić information content (AvgIpc) is 2.97. The minimum atomic E-state index is -0.464. The number of nitrogens with zero attached hydrogens (tertiary/aromatic N) is 1. The highest BCUT2D eigenvalue weighted by Gasteiger charge is 2.37. The number of amides is 1. The van der Waals surface area contributed by atoms with Gasteiger partial charge in [-0.3, -0.25) is 9.59 Å². The fourth-order valence-electron chi connectivity index (χ4n) is 3.16. The summed E-state index contributed by atoms with van der Waals surface area (Å²) in [6.07, 6.45) is 0.169. The zero-order chi connectivity index (χ0) is 18.0. The number of benzene rings is 2. The first kappa shape index (κ1) is 17.0. The van der Waals surface area contributed by atoms with E-state index in [0.29, 0.717) is 18.0 Å². The Kier molecular flexibility index (Phi) is 4.74. The van der Waals surface area contributed by atoms with Crippen molar-refractivity contribution in [3.05, 3.63) is 53.6 Å². The van der Waals surface area contributed by atoms with E-state index < -0.39 is 5.92 Å². The molecule has 0 radical (unpaired) electrons. The van der Waals surface area contributed by atoms with Gasteiger partial charge in [-0.2, -0.15) is 0 Å². The van der Waals surface area contributed by atoms with Crippen molar-refractivity contribution in [2.24, 2.45) is 5.92 Å². The highest BCUT2D eigenvalue weighted by Crippen LogP contribution is 2.31. The monoisotopic (exact) mass is 339 g/mol. The molecule has 0 saturated carbocycles. The number of hydrogen-bond donors (Lipinski definition) is 0. The molecule has 1 fully saturated rings. The van der Waals surface area contributed by atoms with Crippen molar-refractivity contribution in [3.63, 3.8) is 0 Å². The standard InChI is InChI=1S/C20H21NO4/c1-13-5-4-6-14(2)19(13)21-12-15(11-18(21)22)20(23)25-17-9-7-16(24-3)8-10-17/h4-10,15H,11-12H2,1-3H3/t15-/m0/s1. The third-order valence-electron chi connectivity index (χ3n) is 4.45. The molecule has 1 atom stereocenters. The smallest absolute Gasteiger partial charge is 0.316 e. The van der Waals surface area contributed by atoms with Gasteiger partial charge in [0.15, 0.2) is 0 Å². The number of hydrogen-bond acceptors (Lipinski definition) is 4. The fourth-order valence-corrected chi connectivity index (χ4v) is 3.16. The van der Waals surface area contributed by atoms with Gasteiger partial charge in [0.2, 0.25) is 5.91 Å². The lowest BCUT2D eigenvalue weighted by Gasteiger charge is -2.21. The molecule has 25 heavy (non-hydrogen) atoms. The van der Waals surface area contributed by atoms with Crippen molar-refractivity contribution in [3.8, 4) is 11.5 Å². The maximum atomic E-state index is 12.4. The summed E-state index contributed by atoms with van der Waals surface area (Å²) in [5, 5.41) is 0. The zero-order valence-electron chi connectivity index (χ0n) is 14.6. The minimum Gasteiger partial charge on any atom is -0.497 e. The largest absolute Gasteiger partial charge is 0.497 e. The Labute approximate surface area is 147 Å². The molecule has 1 saturated heterocycles. The molecule has 3 rings (SSSR count). The molecule has 0 unspecified atom stereocenters. The average molecular weight is 339 g/mol. The Morgan fingerprint density at radius 1 is 1.04 bits per heavy atom. The van der Waals surface area contributed by atoms with Crippen LogP contribution >= 0.6 is 0 Å². The van der Waals surface area contributed by atoms with Crippen LogP contribution in [0.1, 0.15) is 17.5 Å². The molecular weight excluding hydrogens is 318 g/mol. The molecule has 5 nitrogen and oxygen atoms in total. The maximum absolute atomic E-state index is 12.4. The van der Waals surface area contributed by atoms with Crippen LogP contribution in [0.15, 0.2) is 42.5 Å². The Morgan fingerprint density at radius 2 is 1.64 bits per heavy atom. The van der Waals surface area contributed by atoms with Gasteiger partial charge in [0.25, 0.3) is 0 Å². The Morgan fingerprint density at radius 3 is 2.24 bits per heavy atom. The van der Waals surface area contributed by atoms with Gasteiger partial charge in [-0.15, -0.1) is 0 Å². The van der Waals surface area contributed by atoms with E-state index in [-0.39, 0.29) is 18.3 Å². The predicted molar refractivity (Wildman–Crippen MR) is 95.0 cm³/mol. The first-order valence-corrected chi connectivity index (χ1v) is 8.22. The summed E-state index contributed by atoms with van der Waals surface area (Å²) < 4.78 is 10.5. The van der Waals surface area contributed by atoms with Gasteiger partial charge in [-0.1, -0.05) is 18.2 Å². The van der Waals surface area contributed by atoms with Gasteiger partial charge >= 0.3 is 5.97 Å². The lowest BCUT2D eigenvalue weighted by atomic mass is 10.1. The van der Waals surface area contributed by atoms with Crippen LogP contribution in [0.3, 0.4) is 0 Å². The number of ether oxygens (including phenoxy) is 2. The van der Waals surface area contributed by atoms with E-state index in [9.17, 15) is 9.59 Å². The van der Waals surface area contributed by atoms with E-state index in [0.717, 1.165) is 16.8 Å².